The van der Waals surface area contributed by atoms with Crippen molar-refractivity contribution < 1.29 is 4.74 Å². The van der Waals surface area contributed by atoms with E-state index in [9.17, 15) is 0 Å². The van der Waals surface area contributed by atoms with E-state index < -0.39 is 0 Å². The van der Waals surface area contributed by atoms with Crippen molar-refractivity contribution in [2.24, 2.45) is 0 Å². The van der Waals surface area contributed by atoms with Crippen LogP contribution in [0, 0.1) is 6.92 Å². The van der Waals surface area contributed by atoms with Crippen LogP contribution >= 0.6 is 0 Å². The molecule has 1 nitrogen and oxygen atoms in total. The van der Waals surface area contributed by atoms with Crippen LogP contribution in [0.4, 0.5) is 0 Å². The third-order valence-electron chi connectivity index (χ3n) is 6.83. The van der Waals surface area contributed by atoms with Crippen LogP contribution in [-0.2, 0) is 10.8 Å². The molecule has 0 aliphatic heterocycles. The topological polar surface area (TPSA) is 9.23 Å². The molecule has 4 rings (SSSR count). The highest BCUT2D eigenvalue weighted by atomic mass is 16.5. The molecular formula is C30H30O. The van der Waals surface area contributed by atoms with Crippen LogP contribution in [-0.4, -0.2) is 6.61 Å². The maximum Gasteiger partial charge on any atom is 0.122 e. The average Bonchev–Trinajstić information content (AvgIpc) is 2.84. The van der Waals surface area contributed by atoms with Gasteiger partial charge in [0.15, 0.2) is 0 Å². The van der Waals surface area contributed by atoms with Gasteiger partial charge in [0.2, 0.25) is 0 Å². The second-order valence-corrected chi connectivity index (χ2v) is 8.61. The van der Waals surface area contributed by atoms with Gasteiger partial charge in [0.1, 0.15) is 5.75 Å². The summed E-state index contributed by atoms with van der Waals surface area (Å²) in [6.07, 6.45) is 0. The number of aryl methyl sites for hydroxylation is 1. The highest BCUT2D eigenvalue weighted by molar-refractivity contribution is 5.48. The van der Waals surface area contributed by atoms with Crippen molar-refractivity contribution in [2.75, 3.05) is 6.61 Å². The van der Waals surface area contributed by atoms with Crippen LogP contribution in [0.3, 0.4) is 0 Å². The second-order valence-electron chi connectivity index (χ2n) is 8.61. The first kappa shape index (κ1) is 20.9. The zero-order chi connectivity index (χ0) is 21.7. The number of rotatable bonds is 7. The van der Waals surface area contributed by atoms with Crippen molar-refractivity contribution in [3.05, 3.63) is 138 Å². The predicted octanol–water partition coefficient (Wildman–Crippen LogP) is 7.34. The van der Waals surface area contributed by atoms with Crippen molar-refractivity contribution in [3.63, 3.8) is 0 Å². The van der Waals surface area contributed by atoms with E-state index in [1.54, 1.807) is 0 Å². The van der Waals surface area contributed by atoms with Gasteiger partial charge in [-0.05, 0) is 35.2 Å². The van der Waals surface area contributed by atoms with Crippen LogP contribution in [0.15, 0.2) is 115 Å². The fraction of sp³-hybridized carbons (Fsp3) is 0.200. The summed E-state index contributed by atoms with van der Waals surface area (Å²) in [6.45, 7) is 7.34. The van der Waals surface area contributed by atoms with Gasteiger partial charge in [-0.2, -0.15) is 0 Å². The van der Waals surface area contributed by atoms with Crippen molar-refractivity contribution >= 4 is 0 Å². The third kappa shape index (κ3) is 3.88. The number of benzene rings is 4. The fourth-order valence-electron chi connectivity index (χ4n) is 4.61. The molecule has 0 heterocycles. The first-order chi connectivity index (χ1) is 15.1. The van der Waals surface area contributed by atoms with Gasteiger partial charge in [-0.15, -0.1) is 0 Å². The summed E-state index contributed by atoms with van der Waals surface area (Å²) < 4.78 is 6.55. The van der Waals surface area contributed by atoms with Gasteiger partial charge in [0.05, 0.1) is 6.61 Å². The Morgan fingerprint density at radius 2 is 0.968 bits per heavy atom. The van der Waals surface area contributed by atoms with E-state index >= 15 is 0 Å². The first-order valence-electron chi connectivity index (χ1n) is 10.9. The Morgan fingerprint density at radius 3 is 1.45 bits per heavy atom. The highest BCUT2D eigenvalue weighted by Crippen LogP contribution is 2.49. The quantitative estimate of drug-likeness (QED) is 0.312. The summed E-state index contributed by atoms with van der Waals surface area (Å²) in [6, 6.07) is 40.7. The maximum atomic E-state index is 6.55. The van der Waals surface area contributed by atoms with Gasteiger partial charge >= 0.3 is 0 Å². The lowest BCUT2D eigenvalue weighted by Crippen LogP contribution is -2.50. The first-order valence-corrected chi connectivity index (χ1v) is 10.9. The average molecular weight is 407 g/mol. The SMILES string of the molecule is Cc1ccccc1OC[C@](C)(c1ccccc1)C(C)(c1ccccc1)c1ccccc1. The van der Waals surface area contributed by atoms with Gasteiger partial charge in [-0.3, -0.25) is 0 Å². The van der Waals surface area contributed by atoms with Crippen LogP contribution in [0.5, 0.6) is 5.75 Å². The Kier molecular flexibility index (Phi) is 5.95. The summed E-state index contributed by atoms with van der Waals surface area (Å²) >= 11 is 0. The normalized spacial score (nSPS) is 13.4. The molecule has 0 aliphatic carbocycles. The van der Waals surface area contributed by atoms with E-state index in [4.69, 9.17) is 4.74 Å². The van der Waals surface area contributed by atoms with Crippen LogP contribution < -0.4 is 4.74 Å². The van der Waals surface area contributed by atoms with Crippen molar-refractivity contribution in [1.29, 1.82) is 0 Å². The molecule has 0 fully saturated rings. The molecule has 0 aliphatic rings. The largest absolute Gasteiger partial charge is 0.492 e. The van der Waals surface area contributed by atoms with Gasteiger partial charge in [0.25, 0.3) is 0 Å². The van der Waals surface area contributed by atoms with Gasteiger partial charge in [-0.25, -0.2) is 0 Å². The van der Waals surface area contributed by atoms with E-state index in [0.717, 1.165) is 11.3 Å². The van der Waals surface area contributed by atoms with Crippen LogP contribution in [0.25, 0.3) is 0 Å². The lowest BCUT2D eigenvalue weighted by molar-refractivity contribution is 0.168. The van der Waals surface area contributed by atoms with E-state index in [0.29, 0.717) is 6.61 Å². The molecular weight excluding hydrogens is 376 g/mol. The van der Waals surface area contributed by atoms with Crippen LogP contribution in [0.1, 0.15) is 36.1 Å². The molecule has 0 spiro atoms. The molecule has 0 saturated carbocycles. The lowest BCUT2D eigenvalue weighted by Gasteiger charge is -2.48. The summed E-state index contributed by atoms with van der Waals surface area (Å²) in [7, 11) is 0. The van der Waals surface area contributed by atoms with Crippen molar-refractivity contribution in [1.82, 2.24) is 0 Å². The predicted molar refractivity (Wildman–Crippen MR) is 130 cm³/mol. The Morgan fingerprint density at radius 1 is 0.548 bits per heavy atom. The molecule has 0 saturated heterocycles. The number of hydrogen-bond acceptors (Lipinski definition) is 1. The Balaban J connectivity index is 1.90. The van der Waals surface area contributed by atoms with E-state index in [1.807, 2.05) is 6.07 Å². The van der Waals surface area contributed by atoms with Crippen molar-refractivity contribution in [3.8, 4) is 5.75 Å². The summed E-state index contributed by atoms with van der Waals surface area (Å²) in [5.74, 6) is 0.938. The summed E-state index contributed by atoms with van der Waals surface area (Å²) in [4.78, 5) is 0. The van der Waals surface area contributed by atoms with Gasteiger partial charge in [-0.1, -0.05) is 123 Å². The lowest BCUT2D eigenvalue weighted by atomic mass is 9.56. The number of para-hydroxylation sites is 1. The summed E-state index contributed by atoms with van der Waals surface area (Å²) in [5.41, 5.74) is 4.35. The molecule has 0 unspecified atom stereocenters. The standard InChI is InChI=1S/C30H30O/c1-24-15-13-14-22-28(24)31-23-29(2,25-16-7-4-8-17-25)30(3,26-18-9-5-10-19-26)27-20-11-6-12-21-27/h4-22H,23H2,1-3H3/t29-/m1/s1. The van der Waals surface area contributed by atoms with Crippen LogP contribution in [0.2, 0.25) is 0 Å². The zero-order valence-corrected chi connectivity index (χ0v) is 18.6. The summed E-state index contributed by atoms with van der Waals surface area (Å²) in [5, 5.41) is 0. The van der Waals surface area contributed by atoms with Crippen molar-refractivity contribution in [2.45, 2.75) is 31.6 Å². The Bertz CT molecular complexity index is 1060. The molecule has 1 heteroatoms. The number of ether oxygens (including phenoxy) is 1. The number of hydrogen-bond donors (Lipinski definition) is 0. The molecule has 0 N–H and O–H groups in total. The third-order valence-corrected chi connectivity index (χ3v) is 6.83. The minimum Gasteiger partial charge on any atom is -0.492 e. The molecule has 0 bridgehead atoms. The van der Waals surface area contributed by atoms with E-state index in [2.05, 4.69) is 130 Å². The van der Waals surface area contributed by atoms with Gasteiger partial charge in [0, 0.05) is 10.8 Å². The Hall–Kier alpha value is -3.32. The Labute approximate surface area is 186 Å². The molecule has 1 atom stereocenters. The highest BCUT2D eigenvalue weighted by Gasteiger charge is 2.48. The zero-order valence-electron chi connectivity index (χ0n) is 18.6. The van der Waals surface area contributed by atoms with E-state index in [1.165, 1.54) is 16.7 Å². The molecule has 156 valence electrons. The minimum atomic E-state index is -0.320. The van der Waals surface area contributed by atoms with Gasteiger partial charge < -0.3 is 4.74 Å². The molecule has 4 aromatic rings. The smallest absolute Gasteiger partial charge is 0.122 e. The molecule has 31 heavy (non-hydrogen) atoms. The van der Waals surface area contributed by atoms with E-state index in [-0.39, 0.29) is 10.8 Å². The fourth-order valence-corrected chi connectivity index (χ4v) is 4.61. The second kappa shape index (κ2) is 8.81. The molecule has 0 radical (unpaired) electrons. The maximum absolute atomic E-state index is 6.55. The minimum absolute atomic E-state index is 0.306. The molecule has 0 aromatic heterocycles. The monoisotopic (exact) mass is 406 g/mol. The molecule has 4 aromatic carbocycles. The molecule has 0 amide bonds.